The van der Waals surface area contributed by atoms with Crippen molar-refractivity contribution in [1.29, 1.82) is 0 Å². The highest BCUT2D eigenvalue weighted by Crippen LogP contribution is 2.48. The number of aliphatic hydroxyl groups is 2. The molecule has 0 atom stereocenters. The van der Waals surface area contributed by atoms with Crippen LogP contribution in [0.1, 0.15) is 5.69 Å². The topological polar surface area (TPSA) is 418 Å². The highest BCUT2D eigenvalue weighted by atomic mass is 32.2. The number of aromatic hydroxyl groups is 2. The number of fused-ring (bicyclic) bond motifs is 1. The number of hydrogen-bond acceptors (Lipinski definition) is 22. The standard InChI is InChI=1S/C37H34N8O19S4/c1-19-34(42-38-21-3-6-23(7-4-21)65(50,51)52)37(49)45(44-19)28-16-24(66(53,54)55)13-20-14-32(68(59,60)61)35(36(48)33(20)28)43-41-27-18-29(63-11-9-46)26(17-30(27)64-12-10-47)40-39-25-8-5-22(62-2)15-31(25)67(56,57)58/h3-8,13-18,46-49H,9-12H2,1-2H3,(H,50,51,52)(H,53,54,55)(H,56,57,58)(H,59,60,61)/b40-39+,42-38+,43-41+. The molecule has 1 aromatic heterocycles. The van der Waals surface area contributed by atoms with Crippen molar-refractivity contribution in [3.63, 3.8) is 0 Å². The molecule has 0 unspecified atom stereocenters. The van der Waals surface area contributed by atoms with Gasteiger partial charge in [-0.2, -0.15) is 48.6 Å². The lowest BCUT2D eigenvalue weighted by Gasteiger charge is -2.15. The summed E-state index contributed by atoms with van der Waals surface area (Å²) < 4.78 is 154. The summed E-state index contributed by atoms with van der Waals surface area (Å²) in [6.07, 6.45) is 0. The van der Waals surface area contributed by atoms with E-state index in [4.69, 9.17) is 14.2 Å². The zero-order valence-corrected chi connectivity index (χ0v) is 37.8. The van der Waals surface area contributed by atoms with Crippen LogP contribution in [-0.4, -0.2) is 116 Å². The molecule has 0 bridgehead atoms. The van der Waals surface area contributed by atoms with E-state index in [9.17, 15) is 72.3 Å². The Morgan fingerprint density at radius 3 is 1.66 bits per heavy atom. The molecular formula is C37H34N8O19S4. The van der Waals surface area contributed by atoms with Gasteiger partial charge in [-0.1, -0.05) is 0 Å². The van der Waals surface area contributed by atoms with Crippen molar-refractivity contribution in [3.8, 4) is 34.6 Å². The molecule has 8 N–H and O–H groups in total. The van der Waals surface area contributed by atoms with Gasteiger partial charge in [0.15, 0.2) is 11.4 Å². The van der Waals surface area contributed by atoms with Gasteiger partial charge >= 0.3 is 0 Å². The Labute approximate surface area is 384 Å². The predicted octanol–water partition coefficient (Wildman–Crippen LogP) is 5.73. The Morgan fingerprint density at radius 1 is 0.588 bits per heavy atom. The van der Waals surface area contributed by atoms with E-state index >= 15 is 0 Å². The smallest absolute Gasteiger partial charge is 0.296 e. The molecule has 6 rings (SSSR count). The van der Waals surface area contributed by atoms with Crippen LogP contribution in [0.4, 0.5) is 34.1 Å². The first-order chi connectivity index (χ1) is 31.8. The van der Waals surface area contributed by atoms with Crippen LogP contribution in [0.3, 0.4) is 0 Å². The number of phenols is 1. The van der Waals surface area contributed by atoms with Crippen molar-refractivity contribution < 1.29 is 86.5 Å². The molecule has 0 saturated carbocycles. The molecule has 0 fully saturated rings. The molecule has 0 aliphatic carbocycles. The lowest BCUT2D eigenvalue weighted by molar-refractivity contribution is 0.198. The average Bonchev–Trinajstić information content (AvgIpc) is 3.55. The van der Waals surface area contributed by atoms with Crippen molar-refractivity contribution >= 4 is 85.4 Å². The first-order valence-corrected chi connectivity index (χ1v) is 24.3. The lowest BCUT2D eigenvalue weighted by atomic mass is 10.1. The molecule has 0 aliphatic heterocycles. The van der Waals surface area contributed by atoms with Crippen molar-refractivity contribution in [2.24, 2.45) is 30.7 Å². The summed E-state index contributed by atoms with van der Waals surface area (Å²) >= 11 is 0. The van der Waals surface area contributed by atoms with Gasteiger partial charge < -0.3 is 34.6 Å². The fraction of sp³-hybridized carbons (Fsp3) is 0.162. The number of phenolic OH excluding ortho intramolecular Hbond substituents is 1. The Hall–Kier alpha value is -7.07. The van der Waals surface area contributed by atoms with Crippen LogP contribution >= 0.6 is 0 Å². The zero-order valence-electron chi connectivity index (χ0n) is 34.5. The fourth-order valence-corrected chi connectivity index (χ4v) is 8.30. The third-order valence-electron chi connectivity index (χ3n) is 9.02. The van der Waals surface area contributed by atoms with Gasteiger partial charge in [-0.25, -0.2) is 0 Å². The highest BCUT2D eigenvalue weighted by molar-refractivity contribution is 7.86. The van der Waals surface area contributed by atoms with Gasteiger partial charge in [0.05, 0.1) is 52.6 Å². The number of aliphatic hydroxyl groups excluding tert-OH is 2. The average molecular weight is 1020 g/mol. The number of rotatable bonds is 18. The molecule has 360 valence electrons. The number of nitrogens with zero attached hydrogens (tertiary/aromatic N) is 8. The van der Waals surface area contributed by atoms with E-state index in [1.807, 2.05) is 0 Å². The van der Waals surface area contributed by atoms with Crippen molar-refractivity contribution in [2.45, 2.75) is 26.5 Å². The van der Waals surface area contributed by atoms with E-state index in [1.165, 1.54) is 20.1 Å². The maximum atomic E-state index is 12.9. The zero-order chi connectivity index (χ0) is 49.9. The molecule has 27 nitrogen and oxygen atoms in total. The number of azo groups is 3. The molecule has 0 spiro atoms. The molecule has 31 heteroatoms. The Kier molecular flexibility index (Phi) is 14.5. The quantitative estimate of drug-likeness (QED) is 0.0376. The van der Waals surface area contributed by atoms with E-state index in [-0.39, 0.29) is 51.4 Å². The molecule has 0 saturated heterocycles. The third kappa shape index (κ3) is 11.2. The largest absolute Gasteiger partial charge is 0.505 e. The minimum Gasteiger partial charge on any atom is -0.505 e. The first kappa shape index (κ1) is 50.3. The lowest BCUT2D eigenvalue weighted by Crippen LogP contribution is -2.05. The fourth-order valence-electron chi connectivity index (χ4n) is 5.99. The van der Waals surface area contributed by atoms with Crippen LogP contribution in [0.15, 0.2) is 123 Å². The van der Waals surface area contributed by atoms with E-state index in [1.54, 1.807) is 0 Å². The Morgan fingerprint density at radius 2 is 1.13 bits per heavy atom. The van der Waals surface area contributed by atoms with Crippen molar-refractivity contribution in [2.75, 3.05) is 33.5 Å². The molecule has 68 heavy (non-hydrogen) atoms. The summed E-state index contributed by atoms with van der Waals surface area (Å²) in [5, 5.41) is 69.0. The molecule has 6 aromatic rings. The molecular weight excluding hydrogens is 989 g/mol. The molecule has 0 aliphatic rings. The second-order valence-electron chi connectivity index (χ2n) is 13.5. The maximum absolute atomic E-state index is 12.9. The number of aromatic nitrogens is 2. The summed E-state index contributed by atoms with van der Waals surface area (Å²) in [5.74, 6) is -2.56. The predicted molar refractivity (Wildman–Crippen MR) is 232 cm³/mol. The van der Waals surface area contributed by atoms with Crippen LogP contribution in [0, 0.1) is 6.92 Å². The summed E-state index contributed by atoms with van der Waals surface area (Å²) in [6, 6.07) is 12.0. The molecule has 1 heterocycles. The molecule has 0 radical (unpaired) electrons. The van der Waals surface area contributed by atoms with E-state index in [0.717, 1.165) is 54.6 Å². The summed E-state index contributed by atoms with van der Waals surface area (Å²) in [4.78, 5) is -3.27. The SMILES string of the molecule is COc1ccc(/N=N/c2cc(OCCO)c(/N=N/c3c(S(=O)(=O)O)cc4cc(S(=O)(=O)O)cc(-n5nc(C)c(/N=N/c6ccc(S(=O)(=O)O)cc6)c5O)c4c3O)cc2OCCO)c(S(=O)(=O)O)c1. The van der Waals surface area contributed by atoms with Crippen LogP contribution < -0.4 is 14.2 Å². The normalized spacial score (nSPS) is 12.8. The van der Waals surface area contributed by atoms with Gasteiger partial charge in [0.1, 0.15) is 63.0 Å². The number of ether oxygens (including phenoxy) is 3. The Balaban J connectivity index is 1.54. The third-order valence-corrected chi connectivity index (χ3v) is 12.5. The van der Waals surface area contributed by atoms with Crippen LogP contribution in [-0.2, 0) is 40.5 Å². The summed E-state index contributed by atoms with van der Waals surface area (Å²) in [5.41, 5.74) is -3.03. The van der Waals surface area contributed by atoms with Gasteiger partial charge in [-0.05, 0) is 66.9 Å². The van der Waals surface area contributed by atoms with Gasteiger partial charge in [-0.15, -0.1) is 25.6 Å². The second-order valence-corrected chi connectivity index (χ2v) is 19.2. The molecule has 5 aromatic carbocycles. The first-order valence-electron chi connectivity index (χ1n) is 18.6. The minimum absolute atomic E-state index is 0.0204. The number of methoxy groups -OCH3 is 1. The van der Waals surface area contributed by atoms with Gasteiger partial charge in [-0.3, -0.25) is 18.2 Å². The summed E-state index contributed by atoms with van der Waals surface area (Å²) in [7, 11) is -18.8. The van der Waals surface area contributed by atoms with Gasteiger partial charge in [0, 0.05) is 18.2 Å². The second kappa shape index (κ2) is 19.6. The number of benzene rings is 5. The highest BCUT2D eigenvalue weighted by Gasteiger charge is 2.28. The van der Waals surface area contributed by atoms with E-state index < -0.39 is 120 Å². The van der Waals surface area contributed by atoms with Crippen molar-refractivity contribution in [1.82, 2.24) is 9.78 Å². The monoisotopic (exact) mass is 1020 g/mol. The number of hydrogen-bond donors (Lipinski definition) is 8. The summed E-state index contributed by atoms with van der Waals surface area (Å²) in [6.45, 7) is -0.649. The van der Waals surface area contributed by atoms with Gasteiger partial charge in [0.2, 0.25) is 5.88 Å². The van der Waals surface area contributed by atoms with Crippen LogP contribution in [0.2, 0.25) is 0 Å². The van der Waals surface area contributed by atoms with E-state index in [2.05, 4.69) is 35.8 Å². The maximum Gasteiger partial charge on any atom is 0.296 e. The van der Waals surface area contributed by atoms with Crippen molar-refractivity contribution in [3.05, 3.63) is 78.5 Å². The minimum atomic E-state index is -5.42. The Bertz CT molecular complexity index is 3510. The van der Waals surface area contributed by atoms with E-state index in [0.29, 0.717) is 16.8 Å². The van der Waals surface area contributed by atoms with Gasteiger partial charge in [0.25, 0.3) is 40.5 Å². The number of aryl methyl sites for hydroxylation is 1. The van der Waals surface area contributed by atoms with Crippen LogP contribution in [0.25, 0.3) is 16.5 Å². The van der Waals surface area contributed by atoms with Crippen LogP contribution in [0.5, 0.6) is 28.9 Å². The molecule has 0 amide bonds.